The first-order valence-electron chi connectivity index (χ1n) is 10.2. The molecule has 0 saturated carbocycles. The number of carbonyl (C=O) groups is 1. The van der Waals surface area contributed by atoms with Crippen LogP contribution in [0.3, 0.4) is 0 Å². The third-order valence-electron chi connectivity index (χ3n) is 5.35. The number of ether oxygens (including phenoxy) is 1. The van der Waals surface area contributed by atoms with E-state index in [0.29, 0.717) is 12.2 Å². The van der Waals surface area contributed by atoms with E-state index in [2.05, 4.69) is 24.3 Å². The first-order chi connectivity index (χ1) is 15.0. The van der Waals surface area contributed by atoms with Crippen molar-refractivity contribution in [3.63, 3.8) is 0 Å². The normalized spacial score (nSPS) is 11.9. The van der Waals surface area contributed by atoms with Gasteiger partial charge in [0.25, 0.3) is 0 Å². The van der Waals surface area contributed by atoms with Crippen molar-refractivity contribution in [1.29, 1.82) is 0 Å². The molecule has 0 aliphatic carbocycles. The first kappa shape index (κ1) is 20.6. The largest absolute Gasteiger partial charge is 0.488 e. The molecule has 0 heterocycles. The maximum Gasteiger partial charge on any atom is 0.306 e. The Balaban J connectivity index is 1.71. The predicted molar refractivity (Wildman–Crippen MR) is 121 cm³/mol. The number of hydrogen-bond acceptors (Lipinski definition) is 2. The molecule has 0 fully saturated rings. The highest BCUT2D eigenvalue weighted by Gasteiger charge is 2.15. The summed E-state index contributed by atoms with van der Waals surface area (Å²) in [7, 11) is 0. The van der Waals surface area contributed by atoms with Gasteiger partial charge in [0.15, 0.2) is 0 Å². The summed E-state index contributed by atoms with van der Waals surface area (Å²) in [4.78, 5) is 11.3. The van der Waals surface area contributed by atoms with E-state index >= 15 is 0 Å². The summed E-state index contributed by atoms with van der Waals surface area (Å²) in [6, 6.07) is 26.4. The molecule has 4 heteroatoms. The molecule has 1 unspecified atom stereocenters. The van der Waals surface area contributed by atoms with Gasteiger partial charge in [0.05, 0.1) is 5.92 Å². The minimum Gasteiger partial charge on any atom is -0.488 e. The average molecular weight is 414 g/mol. The van der Waals surface area contributed by atoms with Crippen LogP contribution in [0.2, 0.25) is 0 Å². The molecule has 1 N–H and O–H groups in total. The van der Waals surface area contributed by atoms with E-state index < -0.39 is 11.9 Å². The molecule has 4 rings (SSSR count). The van der Waals surface area contributed by atoms with Crippen molar-refractivity contribution in [3.05, 3.63) is 102 Å². The van der Waals surface area contributed by atoms with Crippen molar-refractivity contribution in [1.82, 2.24) is 0 Å². The number of halogens is 1. The molecule has 0 radical (unpaired) electrons. The molecule has 0 saturated heterocycles. The first-order valence-corrected chi connectivity index (χ1v) is 10.2. The highest BCUT2D eigenvalue weighted by atomic mass is 19.1. The fourth-order valence-electron chi connectivity index (χ4n) is 3.64. The van der Waals surface area contributed by atoms with Crippen LogP contribution in [0.15, 0.2) is 84.9 Å². The molecule has 4 aromatic rings. The van der Waals surface area contributed by atoms with Gasteiger partial charge in [0.1, 0.15) is 18.2 Å². The lowest BCUT2D eigenvalue weighted by atomic mass is 9.95. The molecule has 0 aliphatic heterocycles. The summed E-state index contributed by atoms with van der Waals surface area (Å²) in [6.07, 6.45) is 0.431. The zero-order valence-corrected chi connectivity index (χ0v) is 17.2. The van der Waals surface area contributed by atoms with Crippen LogP contribution < -0.4 is 4.74 Å². The van der Waals surface area contributed by atoms with E-state index in [0.717, 1.165) is 33.0 Å². The highest BCUT2D eigenvalue weighted by molar-refractivity contribution is 5.88. The van der Waals surface area contributed by atoms with Crippen LogP contribution in [0.4, 0.5) is 4.39 Å². The van der Waals surface area contributed by atoms with Crippen molar-refractivity contribution >= 4 is 16.7 Å². The summed E-state index contributed by atoms with van der Waals surface area (Å²) in [5, 5.41) is 11.5. The molecule has 0 bridgehead atoms. The van der Waals surface area contributed by atoms with Gasteiger partial charge in [-0.15, -0.1) is 0 Å². The number of aliphatic carboxylic acids is 1. The van der Waals surface area contributed by atoms with Gasteiger partial charge in [-0.3, -0.25) is 4.79 Å². The third-order valence-corrected chi connectivity index (χ3v) is 5.35. The summed E-state index contributed by atoms with van der Waals surface area (Å²) in [6.45, 7) is 1.94. The van der Waals surface area contributed by atoms with Crippen molar-refractivity contribution in [2.75, 3.05) is 0 Å². The maximum absolute atomic E-state index is 13.5. The summed E-state index contributed by atoms with van der Waals surface area (Å²) < 4.78 is 19.6. The Hall–Kier alpha value is -3.66. The smallest absolute Gasteiger partial charge is 0.306 e. The number of rotatable bonds is 7. The zero-order chi connectivity index (χ0) is 21.8. The third kappa shape index (κ3) is 4.92. The van der Waals surface area contributed by atoms with Crippen LogP contribution >= 0.6 is 0 Å². The SMILES string of the molecule is CC(Cc1ccc(OCc2cccc(F)c2)c(-c2ccc3ccccc3c2)c1)C(=O)O. The van der Waals surface area contributed by atoms with Gasteiger partial charge in [-0.1, -0.05) is 61.5 Å². The number of hydrogen-bond donors (Lipinski definition) is 1. The second-order valence-electron chi connectivity index (χ2n) is 7.75. The molecule has 0 spiro atoms. The fraction of sp³-hybridized carbons (Fsp3) is 0.148. The molecule has 3 nitrogen and oxygen atoms in total. The molecule has 1 atom stereocenters. The topological polar surface area (TPSA) is 46.5 Å². The van der Waals surface area contributed by atoms with E-state index in [4.69, 9.17) is 4.74 Å². The molecule has 0 aromatic heterocycles. The molecule has 0 aliphatic rings. The zero-order valence-electron chi connectivity index (χ0n) is 17.2. The standard InChI is InChI=1S/C27H23FO3/c1-18(27(29)30)13-19-9-12-26(31-17-20-5-4-8-24(28)14-20)25(15-19)23-11-10-21-6-2-3-7-22(21)16-23/h2-12,14-16,18H,13,17H2,1H3,(H,29,30). The van der Waals surface area contributed by atoms with Crippen molar-refractivity contribution in [2.45, 2.75) is 20.0 Å². The number of carboxylic acids is 1. The van der Waals surface area contributed by atoms with Crippen molar-refractivity contribution in [3.8, 4) is 16.9 Å². The van der Waals surface area contributed by atoms with Gasteiger partial charge >= 0.3 is 5.97 Å². The van der Waals surface area contributed by atoms with Crippen molar-refractivity contribution < 1.29 is 19.0 Å². The van der Waals surface area contributed by atoms with Gasteiger partial charge < -0.3 is 9.84 Å². The Morgan fingerprint density at radius 3 is 2.48 bits per heavy atom. The Kier molecular flexibility index (Phi) is 5.99. The molecular formula is C27H23FO3. The van der Waals surface area contributed by atoms with E-state index in [1.165, 1.54) is 12.1 Å². The van der Waals surface area contributed by atoms with Gasteiger partial charge in [-0.05, 0) is 64.2 Å². The Bertz CT molecular complexity index is 1230. The van der Waals surface area contributed by atoms with Crippen LogP contribution in [0.1, 0.15) is 18.1 Å². The minimum atomic E-state index is -0.821. The average Bonchev–Trinajstić information content (AvgIpc) is 2.77. The number of carboxylic acid groups (broad SMARTS) is 1. The molecule has 4 aromatic carbocycles. The number of benzene rings is 4. The van der Waals surface area contributed by atoms with Crippen LogP contribution in [0.25, 0.3) is 21.9 Å². The monoisotopic (exact) mass is 414 g/mol. The van der Waals surface area contributed by atoms with E-state index in [9.17, 15) is 14.3 Å². The quantitative estimate of drug-likeness (QED) is 0.376. The summed E-state index contributed by atoms with van der Waals surface area (Å²) in [5.74, 6) is -0.928. The van der Waals surface area contributed by atoms with Gasteiger partial charge in [-0.25, -0.2) is 4.39 Å². The van der Waals surface area contributed by atoms with Crippen LogP contribution in [0, 0.1) is 11.7 Å². The van der Waals surface area contributed by atoms with Gasteiger partial charge in [0, 0.05) is 5.56 Å². The molecular weight excluding hydrogens is 391 g/mol. The van der Waals surface area contributed by atoms with Gasteiger partial charge in [-0.2, -0.15) is 0 Å². The lowest BCUT2D eigenvalue weighted by molar-refractivity contribution is -0.141. The fourth-order valence-corrected chi connectivity index (χ4v) is 3.64. The lowest BCUT2D eigenvalue weighted by Crippen LogP contribution is -2.12. The molecule has 0 amide bonds. The Morgan fingerprint density at radius 1 is 0.903 bits per heavy atom. The number of fused-ring (bicyclic) bond motifs is 1. The summed E-state index contributed by atoms with van der Waals surface area (Å²) >= 11 is 0. The summed E-state index contributed by atoms with van der Waals surface area (Å²) in [5.41, 5.74) is 3.54. The second kappa shape index (κ2) is 9.00. The van der Waals surface area contributed by atoms with E-state index in [-0.39, 0.29) is 12.4 Å². The Morgan fingerprint density at radius 2 is 1.71 bits per heavy atom. The van der Waals surface area contributed by atoms with E-state index in [1.807, 2.05) is 42.5 Å². The second-order valence-corrected chi connectivity index (χ2v) is 7.75. The van der Waals surface area contributed by atoms with Gasteiger partial charge in [0.2, 0.25) is 0 Å². The Labute approximate surface area is 180 Å². The maximum atomic E-state index is 13.5. The van der Waals surface area contributed by atoms with Crippen molar-refractivity contribution in [2.24, 2.45) is 5.92 Å². The minimum absolute atomic E-state index is 0.239. The van der Waals surface area contributed by atoms with Crippen LogP contribution in [-0.2, 0) is 17.8 Å². The van der Waals surface area contributed by atoms with Crippen LogP contribution in [-0.4, -0.2) is 11.1 Å². The van der Waals surface area contributed by atoms with Crippen LogP contribution in [0.5, 0.6) is 5.75 Å². The predicted octanol–water partition coefficient (Wildman–Crippen LogP) is 6.49. The molecule has 31 heavy (non-hydrogen) atoms. The van der Waals surface area contributed by atoms with E-state index in [1.54, 1.807) is 13.0 Å². The highest BCUT2D eigenvalue weighted by Crippen LogP contribution is 2.34. The molecule has 156 valence electrons. The lowest BCUT2D eigenvalue weighted by Gasteiger charge is -2.15.